The van der Waals surface area contributed by atoms with Crippen LogP contribution in [0.1, 0.15) is 20.7 Å². The number of phenols is 1. The Kier molecular flexibility index (Phi) is 5.95. The van der Waals surface area contributed by atoms with Crippen molar-refractivity contribution in [2.75, 3.05) is 5.32 Å². The predicted molar refractivity (Wildman–Crippen MR) is 118 cm³/mol. The first-order valence-electron chi connectivity index (χ1n) is 7.35. The summed E-state index contributed by atoms with van der Waals surface area (Å²) < 4.78 is 1.51. The van der Waals surface area contributed by atoms with Crippen molar-refractivity contribution in [2.45, 2.75) is 0 Å². The summed E-state index contributed by atoms with van der Waals surface area (Å²) in [6.45, 7) is 0. The zero-order chi connectivity index (χ0) is 19.9. The first kappa shape index (κ1) is 20.3. The molecule has 0 heterocycles. The number of carbonyl (C=O) groups excluding carboxylic acids is 1. The normalized spacial score (nSPS) is 10.8. The molecule has 0 saturated heterocycles. The molecule has 1 amide bonds. The molecule has 3 rings (SSSR count). The largest absolute Gasteiger partial charge is 0.507 e. The molecule has 0 atom stereocenters. The zero-order valence-electron chi connectivity index (χ0n) is 13.2. The number of halogens is 4. The number of phenolic OH excluding ortho intramolecular Hbond substituents is 1. The highest BCUT2D eigenvalue weighted by Crippen LogP contribution is 2.42. The van der Waals surface area contributed by atoms with Gasteiger partial charge in [0.2, 0.25) is 0 Å². The fourth-order valence-corrected chi connectivity index (χ4v) is 5.10. The van der Waals surface area contributed by atoms with Crippen molar-refractivity contribution < 1.29 is 19.8 Å². The lowest BCUT2D eigenvalue weighted by atomic mass is 10.1. The van der Waals surface area contributed by atoms with Crippen molar-refractivity contribution in [3.8, 4) is 5.75 Å². The number of hydrogen-bond donors (Lipinski definition) is 3. The molecule has 5 nitrogen and oxygen atoms in total. The lowest BCUT2D eigenvalue weighted by Gasteiger charge is -2.15. The van der Waals surface area contributed by atoms with Crippen LogP contribution in [0.15, 0.2) is 54.3 Å². The number of anilines is 1. The van der Waals surface area contributed by atoms with Crippen molar-refractivity contribution in [1.29, 1.82) is 0 Å². The van der Waals surface area contributed by atoms with Crippen LogP contribution >= 0.6 is 63.7 Å². The van der Waals surface area contributed by atoms with Crippen molar-refractivity contribution in [2.24, 2.45) is 0 Å². The molecule has 0 aromatic heterocycles. The Hall–Kier alpha value is -1.42. The van der Waals surface area contributed by atoms with Crippen LogP contribution in [0.25, 0.3) is 10.8 Å². The van der Waals surface area contributed by atoms with Gasteiger partial charge in [0.05, 0.1) is 11.1 Å². The number of rotatable bonds is 3. The third kappa shape index (κ3) is 3.65. The van der Waals surface area contributed by atoms with Crippen molar-refractivity contribution in [3.63, 3.8) is 0 Å². The van der Waals surface area contributed by atoms with E-state index >= 15 is 0 Å². The summed E-state index contributed by atoms with van der Waals surface area (Å²) in [6, 6.07) is 10.1. The standard InChI is InChI=1S/C18H9Br4NO4/c19-13-11(12(18(26)27)14(20)16(22)15(13)21)17(25)23-9-5-1-4-8-7(9)3-2-6-10(8)24/h1-6,24H,(H,23,25)(H,26,27). The number of hydrogen-bond acceptors (Lipinski definition) is 3. The van der Waals surface area contributed by atoms with Gasteiger partial charge in [-0.3, -0.25) is 4.79 Å². The Labute approximate surface area is 187 Å². The maximum atomic E-state index is 13.0. The number of carbonyl (C=O) groups is 2. The average Bonchev–Trinajstić information content (AvgIpc) is 2.63. The zero-order valence-corrected chi connectivity index (χ0v) is 19.5. The van der Waals surface area contributed by atoms with Crippen LogP contribution in [0.4, 0.5) is 5.69 Å². The Balaban J connectivity index is 2.16. The molecular weight excluding hydrogens is 614 g/mol. The van der Waals surface area contributed by atoms with Crippen LogP contribution in [-0.2, 0) is 0 Å². The number of aromatic hydroxyl groups is 1. The van der Waals surface area contributed by atoms with Gasteiger partial charge in [0.25, 0.3) is 5.91 Å². The first-order valence-corrected chi connectivity index (χ1v) is 10.5. The molecule has 138 valence electrons. The van der Waals surface area contributed by atoms with Gasteiger partial charge in [-0.05, 0) is 75.9 Å². The summed E-state index contributed by atoms with van der Waals surface area (Å²) in [6.07, 6.45) is 0. The highest BCUT2D eigenvalue weighted by molar-refractivity contribution is 9.15. The van der Waals surface area contributed by atoms with E-state index in [1.165, 1.54) is 0 Å². The maximum absolute atomic E-state index is 13.0. The van der Waals surface area contributed by atoms with E-state index < -0.39 is 11.9 Å². The van der Waals surface area contributed by atoms with E-state index in [4.69, 9.17) is 0 Å². The Morgan fingerprint density at radius 3 is 1.96 bits per heavy atom. The summed E-state index contributed by atoms with van der Waals surface area (Å²) in [5.41, 5.74) is 0.228. The number of amides is 1. The minimum absolute atomic E-state index is 0.0402. The Bertz CT molecular complexity index is 1110. The number of carboxylic acids is 1. The summed E-state index contributed by atoms with van der Waals surface area (Å²) in [5.74, 6) is -1.77. The molecule has 0 saturated carbocycles. The average molecular weight is 623 g/mol. The number of aromatic carboxylic acids is 1. The fourth-order valence-electron chi connectivity index (χ4n) is 2.63. The summed E-state index contributed by atoms with van der Waals surface area (Å²) in [5, 5.41) is 23.6. The molecule has 27 heavy (non-hydrogen) atoms. The predicted octanol–water partition coefficient (Wildman–Crippen LogP) is 6.55. The summed E-state index contributed by atoms with van der Waals surface area (Å²) in [4.78, 5) is 24.8. The quantitative estimate of drug-likeness (QED) is 0.229. The van der Waals surface area contributed by atoms with E-state index in [9.17, 15) is 19.8 Å². The van der Waals surface area contributed by atoms with E-state index in [0.29, 0.717) is 29.9 Å². The summed E-state index contributed by atoms with van der Waals surface area (Å²) >= 11 is 13.2. The molecule has 0 aliphatic rings. The molecule has 3 aromatic carbocycles. The second-order valence-corrected chi connectivity index (χ2v) is 8.62. The lowest BCUT2D eigenvalue weighted by Crippen LogP contribution is -2.18. The minimum Gasteiger partial charge on any atom is -0.507 e. The number of benzene rings is 3. The third-order valence-corrected chi connectivity index (χ3v) is 8.62. The smallest absolute Gasteiger partial charge is 0.337 e. The van der Waals surface area contributed by atoms with Gasteiger partial charge >= 0.3 is 5.97 Å². The molecule has 0 unspecified atom stereocenters. The van der Waals surface area contributed by atoms with E-state index in [1.807, 2.05) is 0 Å². The van der Waals surface area contributed by atoms with E-state index in [1.54, 1.807) is 36.4 Å². The molecule has 0 fully saturated rings. The summed E-state index contributed by atoms with van der Waals surface area (Å²) in [7, 11) is 0. The highest BCUT2D eigenvalue weighted by atomic mass is 79.9. The number of fused-ring (bicyclic) bond motifs is 1. The van der Waals surface area contributed by atoms with Crippen LogP contribution in [-0.4, -0.2) is 22.1 Å². The van der Waals surface area contributed by atoms with Gasteiger partial charge in [0.15, 0.2) is 0 Å². The van der Waals surface area contributed by atoms with Crippen LogP contribution in [0.5, 0.6) is 5.75 Å². The highest BCUT2D eigenvalue weighted by Gasteiger charge is 2.28. The van der Waals surface area contributed by atoms with E-state index in [2.05, 4.69) is 69.0 Å². The third-order valence-electron chi connectivity index (χ3n) is 3.86. The van der Waals surface area contributed by atoms with Gasteiger partial charge in [-0.25, -0.2) is 4.79 Å². The second-order valence-electron chi connectivity index (χ2n) is 5.44. The van der Waals surface area contributed by atoms with Gasteiger partial charge in [-0.1, -0.05) is 24.3 Å². The molecule has 0 radical (unpaired) electrons. The van der Waals surface area contributed by atoms with Gasteiger partial charge < -0.3 is 15.5 Å². The van der Waals surface area contributed by atoms with Gasteiger partial charge in [-0.15, -0.1) is 0 Å². The maximum Gasteiger partial charge on any atom is 0.337 e. The van der Waals surface area contributed by atoms with Crippen molar-refractivity contribution >= 4 is 92.1 Å². The van der Waals surface area contributed by atoms with Crippen LogP contribution in [0, 0.1) is 0 Å². The lowest BCUT2D eigenvalue weighted by molar-refractivity contribution is 0.0691. The minimum atomic E-state index is -1.25. The van der Waals surface area contributed by atoms with E-state index in [-0.39, 0.29) is 21.3 Å². The van der Waals surface area contributed by atoms with Gasteiger partial charge in [0.1, 0.15) is 5.75 Å². The number of nitrogens with one attached hydrogen (secondary N) is 1. The van der Waals surface area contributed by atoms with Crippen LogP contribution < -0.4 is 5.32 Å². The molecule has 0 bridgehead atoms. The molecule has 3 aromatic rings. The molecule has 0 aliphatic carbocycles. The molecular formula is C18H9Br4NO4. The van der Waals surface area contributed by atoms with Crippen molar-refractivity contribution in [1.82, 2.24) is 0 Å². The molecule has 0 aliphatic heterocycles. The molecule has 3 N–H and O–H groups in total. The molecule has 9 heteroatoms. The van der Waals surface area contributed by atoms with Gasteiger partial charge in [-0.2, -0.15) is 0 Å². The Morgan fingerprint density at radius 2 is 1.33 bits per heavy atom. The fraction of sp³-hybridized carbons (Fsp3) is 0. The molecule has 0 spiro atoms. The SMILES string of the molecule is O=C(O)c1c(Br)c(Br)c(Br)c(Br)c1C(=O)Nc1cccc2c(O)cccc12. The van der Waals surface area contributed by atoms with E-state index in [0.717, 1.165) is 0 Å². The van der Waals surface area contributed by atoms with Crippen molar-refractivity contribution in [3.05, 3.63) is 65.4 Å². The Morgan fingerprint density at radius 1 is 0.778 bits per heavy atom. The van der Waals surface area contributed by atoms with Gasteiger partial charge in [0, 0.05) is 34.4 Å². The monoisotopic (exact) mass is 619 g/mol. The second kappa shape index (κ2) is 7.90. The first-order chi connectivity index (χ1) is 12.7. The topological polar surface area (TPSA) is 86.6 Å². The van der Waals surface area contributed by atoms with Crippen LogP contribution in [0.3, 0.4) is 0 Å². The van der Waals surface area contributed by atoms with Crippen LogP contribution in [0.2, 0.25) is 0 Å². The number of carboxylic acid groups (broad SMARTS) is 1.